The molecule has 0 spiro atoms. The van der Waals surface area contributed by atoms with Crippen LogP contribution in [0.1, 0.15) is 42.2 Å². The van der Waals surface area contributed by atoms with Crippen molar-refractivity contribution in [1.29, 1.82) is 0 Å². The first kappa shape index (κ1) is 14.5. The van der Waals surface area contributed by atoms with Crippen molar-refractivity contribution in [2.45, 2.75) is 37.8 Å². The van der Waals surface area contributed by atoms with Crippen LogP contribution in [0.2, 0.25) is 0 Å². The minimum absolute atomic E-state index is 0.101. The van der Waals surface area contributed by atoms with E-state index in [1.807, 2.05) is 4.68 Å². The molecule has 0 saturated carbocycles. The molecule has 0 aromatic carbocycles. The third-order valence-electron chi connectivity index (χ3n) is 4.39. The van der Waals surface area contributed by atoms with E-state index in [1.165, 1.54) is 0 Å². The predicted octanol–water partition coefficient (Wildman–Crippen LogP) is 0.0266. The van der Waals surface area contributed by atoms with Gasteiger partial charge >= 0.3 is 0 Å². The molecule has 3 rings (SSSR count). The maximum absolute atomic E-state index is 12.3. The smallest absolute Gasteiger partial charge is 0.273 e. The lowest BCUT2D eigenvalue weighted by Crippen LogP contribution is -2.46. The van der Waals surface area contributed by atoms with E-state index in [2.05, 4.69) is 32.9 Å². The first-order valence-corrected chi connectivity index (χ1v) is 7.84. The molecule has 1 atom stereocenters. The summed E-state index contributed by atoms with van der Waals surface area (Å²) in [5.41, 5.74) is 0.432. The summed E-state index contributed by atoms with van der Waals surface area (Å²) < 4.78 is 1.85. The molecule has 0 radical (unpaired) electrons. The van der Waals surface area contributed by atoms with Gasteiger partial charge in [0.05, 0.1) is 12.2 Å². The Morgan fingerprint density at radius 3 is 2.95 bits per heavy atom. The number of hydrogen-bond donors (Lipinski definition) is 2. The first-order chi connectivity index (χ1) is 10.2. The van der Waals surface area contributed by atoms with E-state index >= 15 is 0 Å². The van der Waals surface area contributed by atoms with Gasteiger partial charge in [-0.25, -0.2) is 4.68 Å². The van der Waals surface area contributed by atoms with Crippen molar-refractivity contribution in [3.05, 3.63) is 11.9 Å². The summed E-state index contributed by atoms with van der Waals surface area (Å²) in [4.78, 5) is 14.5. The van der Waals surface area contributed by atoms with E-state index in [9.17, 15) is 4.79 Å². The summed E-state index contributed by atoms with van der Waals surface area (Å²) in [6.07, 6.45) is 6.04. The second-order valence-electron chi connectivity index (χ2n) is 6.14. The monoisotopic (exact) mass is 292 g/mol. The zero-order chi connectivity index (χ0) is 14.7. The number of amides is 1. The normalized spacial score (nSPS) is 24.9. The molecule has 2 saturated heterocycles. The highest BCUT2D eigenvalue weighted by atomic mass is 16.2. The molecule has 7 heteroatoms. The predicted molar refractivity (Wildman–Crippen MR) is 79.1 cm³/mol. The molecule has 2 fully saturated rings. The Morgan fingerprint density at radius 2 is 2.19 bits per heavy atom. The zero-order valence-corrected chi connectivity index (χ0v) is 12.6. The van der Waals surface area contributed by atoms with E-state index in [4.69, 9.17) is 0 Å². The van der Waals surface area contributed by atoms with Crippen LogP contribution in [0.3, 0.4) is 0 Å². The maximum atomic E-state index is 12.3. The molecule has 1 aromatic rings. The molecule has 21 heavy (non-hydrogen) atoms. The Morgan fingerprint density at radius 1 is 1.38 bits per heavy atom. The Balaban J connectivity index is 1.58. The van der Waals surface area contributed by atoms with Crippen molar-refractivity contribution in [2.24, 2.45) is 0 Å². The van der Waals surface area contributed by atoms with Crippen molar-refractivity contribution in [1.82, 2.24) is 30.5 Å². The summed E-state index contributed by atoms with van der Waals surface area (Å²) in [7, 11) is 2.09. The van der Waals surface area contributed by atoms with Gasteiger partial charge in [0.25, 0.3) is 5.91 Å². The largest absolute Gasteiger partial charge is 0.347 e. The van der Waals surface area contributed by atoms with Crippen LogP contribution in [-0.2, 0) is 0 Å². The minimum Gasteiger partial charge on any atom is -0.347 e. The molecule has 7 nitrogen and oxygen atoms in total. The van der Waals surface area contributed by atoms with E-state index in [1.54, 1.807) is 6.20 Å². The van der Waals surface area contributed by atoms with Crippen molar-refractivity contribution in [3.63, 3.8) is 0 Å². The Bertz CT molecular complexity index is 482. The van der Waals surface area contributed by atoms with Crippen LogP contribution in [-0.4, -0.2) is 65.1 Å². The fourth-order valence-electron chi connectivity index (χ4n) is 3.17. The fraction of sp³-hybridized carbons (Fsp3) is 0.786. The fourth-order valence-corrected chi connectivity index (χ4v) is 3.17. The van der Waals surface area contributed by atoms with Gasteiger partial charge in [0.15, 0.2) is 5.69 Å². The number of carbonyl (C=O) groups excluding carboxylic acids is 1. The number of aromatic nitrogens is 3. The van der Waals surface area contributed by atoms with Gasteiger partial charge in [-0.1, -0.05) is 5.21 Å². The van der Waals surface area contributed by atoms with E-state index in [0.29, 0.717) is 11.7 Å². The SMILES string of the molecule is CN1CCCC(NC(=O)c2cn(C3CCNCC3)nn2)C1. The van der Waals surface area contributed by atoms with Gasteiger partial charge in [0.2, 0.25) is 0 Å². The summed E-state index contributed by atoms with van der Waals surface area (Å²) in [6.45, 7) is 4.02. The minimum atomic E-state index is -0.101. The van der Waals surface area contributed by atoms with Crippen LogP contribution >= 0.6 is 0 Å². The number of hydrogen-bond acceptors (Lipinski definition) is 5. The molecular weight excluding hydrogens is 268 g/mol. The van der Waals surface area contributed by atoms with Crippen LogP contribution in [0.5, 0.6) is 0 Å². The molecule has 116 valence electrons. The van der Waals surface area contributed by atoms with E-state index in [-0.39, 0.29) is 11.9 Å². The molecule has 2 N–H and O–H groups in total. The lowest BCUT2D eigenvalue weighted by Gasteiger charge is -2.29. The molecule has 1 unspecified atom stereocenters. The van der Waals surface area contributed by atoms with Gasteiger partial charge in [-0.3, -0.25) is 4.79 Å². The second-order valence-corrected chi connectivity index (χ2v) is 6.14. The number of piperidine rings is 2. The topological polar surface area (TPSA) is 75.1 Å². The van der Waals surface area contributed by atoms with Gasteiger partial charge in [0.1, 0.15) is 0 Å². The number of carbonyl (C=O) groups is 1. The van der Waals surface area contributed by atoms with Gasteiger partial charge in [-0.05, 0) is 52.4 Å². The van der Waals surface area contributed by atoms with Gasteiger partial charge in [0, 0.05) is 12.6 Å². The lowest BCUT2D eigenvalue weighted by molar-refractivity contribution is 0.0907. The highest BCUT2D eigenvalue weighted by molar-refractivity contribution is 5.92. The van der Waals surface area contributed by atoms with Gasteiger partial charge < -0.3 is 15.5 Å². The van der Waals surface area contributed by atoms with Crippen LogP contribution in [0.4, 0.5) is 0 Å². The first-order valence-electron chi connectivity index (χ1n) is 7.84. The molecule has 0 bridgehead atoms. The molecule has 3 heterocycles. The number of nitrogens with zero attached hydrogens (tertiary/aromatic N) is 4. The van der Waals surface area contributed by atoms with Crippen molar-refractivity contribution in [2.75, 3.05) is 33.2 Å². The van der Waals surface area contributed by atoms with Crippen LogP contribution in [0, 0.1) is 0 Å². The van der Waals surface area contributed by atoms with Crippen LogP contribution in [0.15, 0.2) is 6.20 Å². The molecule has 2 aliphatic heterocycles. The zero-order valence-electron chi connectivity index (χ0n) is 12.6. The average molecular weight is 292 g/mol. The third-order valence-corrected chi connectivity index (χ3v) is 4.39. The van der Waals surface area contributed by atoms with Crippen molar-refractivity contribution < 1.29 is 4.79 Å². The van der Waals surface area contributed by atoms with Crippen LogP contribution in [0.25, 0.3) is 0 Å². The summed E-state index contributed by atoms with van der Waals surface area (Å²) in [5.74, 6) is -0.101. The molecule has 1 aromatic heterocycles. The van der Waals surface area contributed by atoms with Crippen molar-refractivity contribution in [3.8, 4) is 0 Å². The standard InChI is InChI=1S/C14H24N6O/c1-19-8-2-3-11(9-19)16-14(21)13-10-20(18-17-13)12-4-6-15-7-5-12/h10-12,15H,2-9H2,1H3,(H,16,21). The Kier molecular flexibility index (Phi) is 4.50. The summed E-state index contributed by atoms with van der Waals surface area (Å²) >= 11 is 0. The highest BCUT2D eigenvalue weighted by Gasteiger charge is 2.22. The average Bonchev–Trinajstić information content (AvgIpc) is 2.98. The molecular formula is C14H24N6O. The van der Waals surface area contributed by atoms with Gasteiger partial charge in [-0.2, -0.15) is 0 Å². The Labute approximate surface area is 125 Å². The maximum Gasteiger partial charge on any atom is 0.273 e. The van der Waals surface area contributed by atoms with Crippen LogP contribution < -0.4 is 10.6 Å². The lowest BCUT2D eigenvalue weighted by atomic mass is 10.1. The van der Waals surface area contributed by atoms with E-state index in [0.717, 1.165) is 51.9 Å². The number of nitrogens with one attached hydrogen (secondary N) is 2. The quantitative estimate of drug-likeness (QED) is 0.822. The number of likely N-dealkylation sites (tertiary alicyclic amines) is 1. The van der Waals surface area contributed by atoms with E-state index < -0.39 is 0 Å². The number of likely N-dealkylation sites (N-methyl/N-ethyl adjacent to an activating group) is 1. The van der Waals surface area contributed by atoms with Crippen molar-refractivity contribution >= 4 is 5.91 Å². The third kappa shape index (κ3) is 3.59. The Hall–Kier alpha value is -1.47. The molecule has 2 aliphatic rings. The van der Waals surface area contributed by atoms with Gasteiger partial charge in [-0.15, -0.1) is 5.10 Å². The summed E-state index contributed by atoms with van der Waals surface area (Å²) in [6, 6.07) is 0.585. The summed E-state index contributed by atoms with van der Waals surface area (Å²) in [5, 5.41) is 14.6. The molecule has 0 aliphatic carbocycles. The molecule has 1 amide bonds. The highest BCUT2D eigenvalue weighted by Crippen LogP contribution is 2.17. The second kappa shape index (κ2) is 6.53. The number of rotatable bonds is 3.